The number of amides is 1. The summed E-state index contributed by atoms with van der Waals surface area (Å²) in [5.41, 5.74) is 1.72. The summed E-state index contributed by atoms with van der Waals surface area (Å²) in [7, 11) is 0. The van der Waals surface area contributed by atoms with E-state index in [0.29, 0.717) is 22.4 Å². The van der Waals surface area contributed by atoms with Gasteiger partial charge in [0.15, 0.2) is 11.6 Å². The first-order valence-corrected chi connectivity index (χ1v) is 10.8. The Morgan fingerprint density at radius 1 is 0.710 bits per heavy atom. The summed E-state index contributed by atoms with van der Waals surface area (Å²) < 4.78 is 0. The van der Waals surface area contributed by atoms with Gasteiger partial charge in [-0.3, -0.25) is 14.4 Å². The third-order valence-corrected chi connectivity index (χ3v) is 6.31. The Balaban J connectivity index is 1.36. The van der Waals surface area contributed by atoms with Crippen LogP contribution in [0, 0.1) is 0 Å². The maximum absolute atomic E-state index is 13.1. The SMILES string of the molecule is O=C(CSc1ccc2ccccc2c1)Nc1cccc2c1C(=O)c1ccccc1C2=O. The predicted octanol–water partition coefficient (Wildman–Crippen LogP) is 5.35. The number of thioether (sulfide) groups is 1. The third-order valence-electron chi connectivity index (χ3n) is 5.32. The van der Waals surface area contributed by atoms with Crippen molar-refractivity contribution in [3.8, 4) is 0 Å². The van der Waals surface area contributed by atoms with Crippen molar-refractivity contribution < 1.29 is 14.4 Å². The van der Waals surface area contributed by atoms with Crippen molar-refractivity contribution >= 4 is 45.7 Å². The molecule has 5 heteroatoms. The van der Waals surface area contributed by atoms with Crippen molar-refractivity contribution in [3.63, 3.8) is 0 Å². The molecule has 0 atom stereocenters. The van der Waals surface area contributed by atoms with E-state index >= 15 is 0 Å². The zero-order valence-electron chi connectivity index (χ0n) is 16.4. The number of carbonyl (C=O) groups is 3. The number of hydrogen-bond acceptors (Lipinski definition) is 4. The molecule has 4 nitrogen and oxygen atoms in total. The van der Waals surface area contributed by atoms with Crippen LogP contribution in [0.3, 0.4) is 0 Å². The lowest BCUT2D eigenvalue weighted by Crippen LogP contribution is -2.24. The highest BCUT2D eigenvalue weighted by Gasteiger charge is 2.31. The van der Waals surface area contributed by atoms with Crippen LogP contribution in [0.4, 0.5) is 5.69 Å². The van der Waals surface area contributed by atoms with Gasteiger partial charge in [-0.15, -0.1) is 11.8 Å². The van der Waals surface area contributed by atoms with Crippen LogP contribution in [0.1, 0.15) is 31.8 Å². The molecule has 0 spiro atoms. The van der Waals surface area contributed by atoms with Crippen LogP contribution in [0.25, 0.3) is 10.8 Å². The Bertz CT molecular complexity index is 1380. The summed E-state index contributed by atoms with van der Waals surface area (Å²) >= 11 is 1.43. The molecular weight excluding hydrogens is 406 g/mol. The first-order chi connectivity index (χ1) is 15.1. The van der Waals surface area contributed by atoms with Crippen LogP contribution in [-0.4, -0.2) is 23.2 Å². The molecule has 0 saturated heterocycles. The molecule has 1 amide bonds. The molecule has 31 heavy (non-hydrogen) atoms. The Morgan fingerprint density at radius 3 is 2.19 bits per heavy atom. The molecule has 0 heterocycles. The minimum atomic E-state index is -0.247. The highest BCUT2D eigenvalue weighted by atomic mass is 32.2. The molecule has 1 aliphatic rings. The molecular formula is C26H17NO3S. The van der Waals surface area contributed by atoms with Gasteiger partial charge in [-0.05, 0) is 29.0 Å². The first-order valence-electron chi connectivity index (χ1n) is 9.85. The van der Waals surface area contributed by atoms with Crippen molar-refractivity contribution in [1.29, 1.82) is 0 Å². The van der Waals surface area contributed by atoms with E-state index in [2.05, 4.69) is 11.4 Å². The second kappa shape index (κ2) is 7.85. The Hall–Kier alpha value is -3.70. The van der Waals surface area contributed by atoms with Crippen LogP contribution in [0.15, 0.2) is 89.8 Å². The highest BCUT2D eigenvalue weighted by Crippen LogP contribution is 2.32. The van der Waals surface area contributed by atoms with Gasteiger partial charge >= 0.3 is 0 Å². The van der Waals surface area contributed by atoms with Crippen LogP contribution >= 0.6 is 11.8 Å². The smallest absolute Gasteiger partial charge is 0.234 e. The summed E-state index contributed by atoms with van der Waals surface area (Å²) in [6.45, 7) is 0. The van der Waals surface area contributed by atoms with Crippen molar-refractivity contribution in [1.82, 2.24) is 0 Å². The standard InChI is InChI=1S/C26H17NO3S/c28-23(15-31-18-13-12-16-6-1-2-7-17(16)14-18)27-22-11-5-10-21-24(22)26(30)20-9-4-3-8-19(20)25(21)29/h1-14H,15H2,(H,27,28). The number of nitrogens with one attached hydrogen (secondary N) is 1. The maximum atomic E-state index is 13.1. The van der Waals surface area contributed by atoms with Gasteiger partial charge in [0, 0.05) is 21.6 Å². The fraction of sp³-hybridized carbons (Fsp3) is 0.0385. The molecule has 150 valence electrons. The lowest BCUT2D eigenvalue weighted by molar-refractivity contribution is -0.113. The number of ketones is 2. The van der Waals surface area contributed by atoms with Gasteiger partial charge in [0.1, 0.15) is 0 Å². The average Bonchev–Trinajstić information content (AvgIpc) is 2.81. The van der Waals surface area contributed by atoms with Gasteiger partial charge < -0.3 is 5.32 Å². The first kappa shape index (κ1) is 19.3. The van der Waals surface area contributed by atoms with E-state index in [-0.39, 0.29) is 28.8 Å². The van der Waals surface area contributed by atoms with E-state index in [1.54, 1.807) is 42.5 Å². The van der Waals surface area contributed by atoms with Gasteiger partial charge in [0.05, 0.1) is 17.0 Å². The zero-order valence-corrected chi connectivity index (χ0v) is 17.2. The Morgan fingerprint density at radius 2 is 1.39 bits per heavy atom. The van der Waals surface area contributed by atoms with Crippen molar-refractivity contribution in [2.24, 2.45) is 0 Å². The second-order valence-corrected chi connectivity index (χ2v) is 8.33. The fourth-order valence-electron chi connectivity index (χ4n) is 3.84. The van der Waals surface area contributed by atoms with E-state index in [1.165, 1.54) is 11.8 Å². The molecule has 0 fully saturated rings. The normalized spacial score (nSPS) is 12.4. The predicted molar refractivity (Wildman–Crippen MR) is 123 cm³/mol. The summed E-state index contributed by atoms with van der Waals surface area (Å²) in [5, 5.41) is 5.09. The fourth-order valence-corrected chi connectivity index (χ4v) is 4.59. The molecule has 0 unspecified atom stereocenters. The lowest BCUT2D eigenvalue weighted by Gasteiger charge is -2.20. The molecule has 0 aliphatic heterocycles. The molecule has 4 aromatic rings. The van der Waals surface area contributed by atoms with Gasteiger partial charge in [-0.1, -0.05) is 66.7 Å². The zero-order chi connectivity index (χ0) is 21.4. The average molecular weight is 423 g/mol. The maximum Gasteiger partial charge on any atom is 0.234 e. The molecule has 5 rings (SSSR count). The Labute approximate surface area is 183 Å². The van der Waals surface area contributed by atoms with E-state index in [9.17, 15) is 14.4 Å². The summed E-state index contributed by atoms with van der Waals surface area (Å²) in [4.78, 5) is 39.5. The summed E-state index contributed by atoms with van der Waals surface area (Å²) in [6, 6.07) is 25.9. The molecule has 0 saturated carbocycles. The van der Waals surface area contributed by atoms with Crippen LogP contribution in [0.2, 0.25) is 0 Å². The number of anilines is 1. The molecule has 1 N–H and O–H groups in total. The van der Waals surface area contributed by atoms with Crippen molar-refractivity contribution in [3.05, 3.63) is 107 Å². The van der Waals surface area contributed by atoms with E-state index in [0.717, 1.165) is 15.7 Å². The second-order valence-electron chi connectivity index (χ2n) is 7.28. The number of carbonyl (C=O) groups excluding carboxylic acids is 3. The number of benzene rings is 4. The van der Waals surface area contributed by atoms with Crippen molar-refractivity contribution in [2.45, 2.75) is 4.90 Å². The third kappa shape index (κ3) is 3.53. The number of hydrogen-bond donors (Lipinski definition) is 1. The minimum Gasteiger partial charge on any atom is -0.325 e. The van der Waals surface area contributed by atoms with Gasteiger partial charge in [-0.2, -0.15) is 0 Å². The minimum absolute atomic E-state index is 0.195. The van der Waals surface area contributed by atoms with Gasteiger partial charge in [-0.25, -0.2) is 0 Å². The lowest BCUT2D eigenvalue weighted by atomic mass is 9.83. The van der Waals surface area contributed by atoms with Crippen LogP contribution < -0.4 is 5.32 Å². The largest absolute Gasteiger partial charge is 0.325 e. The molecule has 0 bridgehead atoms. The highest BCUT2D eigenvalue weighted by molar-refractivity contribution is 8.00. The molecule has 0 aromatic heterocycles. The summed E-state index contributed by atoms with van der Waals surface area (Å²) in [6.07, 6.45) is 0. The van der Waals surface area contributed by atoms with E-state index in [4.69, 9.17) is 0 Å². The van der Waals surface area contributed by atoms with Crippen molar-refractivity contribution in [2.75, 3.05) is 11.1 Å². The number of rotatable bonds is 4. The summed E-state index contributed by atoms with van der Waals surface area (Å²) in [5.74, 6) is -0.485. The molecule has 0 radical (unpaired) electrons. The molecule has 1 aliphatic carbocycles. The van der Waals surface area contributed by atoms with Crippen LogP contribution in [0.5, 0.6) is 0 Å². The topological polar surface area (TPSA) is 63.2 Å². The monoisotopic (exact) mass is 423 g/mol. The van der Waals surface area contributed by atoms with E-state index in [1.807, 2.05) is 36.4 Å². The number of fused-ring (bicyclic) bond motifs is 3. The van der Waals surface area contributed by atoms with Crippen LogP contribution in [-0.2, 0) is 4.79 Å². The quantitative estimate of drug-likeness (QED) is 0.396. The Kier molecular flexibility index (Phi) is 4.88. The van der Waals surface area contributed by atoms with E-state index < -0.39 is 0 Å². The van der Waals surface area contributed by atoms with Gasteiger partial charge in [0.2, 0.25) is 5.91 Å². The molecule has 4 aromatic carbocycles. The van der Waals surface area contributed by atoms with Gasteiger partial charge in [0.25, 0.3) is 0 Å².